The second kappa shape index (κ2) is 8.12. The van der Waals surface area contributed by atoms with Crippen LogP contribution in [0, 0.1) is 0 Å². The van der Waals surface area contributed by atoms with E-state index in [0.717, 1.165) is 35.9 Å². The van der Waals surface area contributed by atoms with Crippen molar-refractivity contribution in [3.63, 3.8) is 0 Å². The molecule has 0 radical (unpaired) electrons. The average Bonchev–Trinajstić information content (AvgIpc) is 2.94. The van der Waals surface area contributed by atoms with Gasteiger partial charge in [-0.2, -0.15) is 0 Å². The summed E-state index contributed by atoms with van der Waals surface area (Å²) in [7, 11) is 2.22. The van der Waals surface area contributed by atoms with Crippen molar-refractivity contribution in [2.75, 3.05) is 20.1 Å². The van der Waals surface area contributed by atoms with E-state index in [9.17, 15) is 0 Å². The summed E-state index contributed by atoms with van der Waals surface area (Å²) in [5.41, 5.74) is 4.34. The van der Waals surface area contributed by atoms with Gasteiger partial charge in [0, 0.05) is 15.5 Å². The van der Waals surface area contributed by atoms with E-state index in [0.29, 0.717) is 0 Å². The molecular weight excluding hydrogens is 349 g/mol. The normalized spacial score (nSPS) is 19.4. The third-order valence-electron chi connectivity index (χ3n) is 5.55. The summed E-state index contributed by atoms with van der Waals surface area (Å²) < 4.78 is 0. The predicted molar refractivity (Wildman–Crippen MR) is 109 cm³/mol. The smallest absolute Gasteiger partial charge is 0.0408 e. The third kappa shape index (κ3) is 4.05. The summed E-state index contributed by atoms with van der Waals surface area (Å²) in [5.74, 6) is 0. The third-order valence-corrected chi connectivity index (χ3v) is 6.04. The maximum atomic E-state index is 6.24. The molecule has 1 aliphatic carbocycles. The van der Waals surface area contributed by atoms with Gasteiger partial charge < -0.3 is 4.90 Å². The van der Waals surface area contributed by atoms with Crippen LogP contribution in [0.4, 0.5) is 0 Å². The first kappa shape index (κ1) is 18.8. The van der Waals surface area contributed by atoms with Gasteiger partial charge >= 0.3 is 0 Å². The number of fused-ring (bicyclic) bond motifs is 1. The molecule has 2 aromatic carbocycles. The minimum absolute atomic E-state index is 0.0948. The van der Waals surface area contributed by atoms with E-state index in [1.165, 1.54) is 36.1 Å². The predicted octanol–water partition coefficient (Wildman–Crippen LogP) is 6.35. The summed E-state index contributed by atoms with van der Waals surface area (Å²) in [4.78, 5) is 2.44. The topological polar surface area (TPSA) is 3.24 Å². The van der Waals surface area contributed by atoms with Crippen molar-refractivity contribution in [1.82, 2.24) is 4.90 Å². The van der Waals surface area contributed by atoms with E-state index < -0.39 is 0 Å². The fourth-order valence-electron chi connectivity index (χ4n) is 4.34. The molecule has 0 fully saturated rings. The summed E-state index contributed by atoms with van der Waals surface area (Å²) in [6.45, 7) is 4.55. The van der Waals surface area contributed by atoms with E-state index in [4.69, 9.17) is 23.2 Å². The number of aryl methyl sites for hydroxylation is 1. The summed E-state index contributed by atoms with van der Waals surface area (Å²) in [6.07, 6.45) is 5.82. The Bertz CT molecular complexity index is 710. The zero-order valence-electron chi connectivity index (χ0n) is 15.2. The molecule has 0 aromatic heterocycles. The molecule has 25 heavy (non-hydrogen) atoms. The van der Waals surface area contributed by atoms with Crippen LogP contribution in [0.15, 0.2) is 42.5 Å². The van der Waals surface area contributed by atoms with E-state index in [1.54, 1.807) is 0 Å². The summed E-state index contributed by atoms with van der Waals surface area (Å²) in [6, 6.07) is 14.9. The molecule has 1 nitrogen and oxygen atoms in total. The molecule has 0 aliphatic heterocycles. The van der Waals surface area contributed by atoms with Crippen molar-refractivity contribution in [3.8, 4) is 0 Å². The monoisotopic (exact) mass is 375 g/mol. The van der Waals surface area contributed by atoms with E-state index >= 15 is 0 Å². The first-order chi connectivity index (χ1) is 12.0. The molecule has 0 heterocycles. The van der Waals surface area contributed by atoms with Gasteiger partial charge in [-0.3, -0.25) is 0 Å². The number of nitrogens with zero attached hydrogens (tertiary/aromatic N) is 1. The molecule has 134 valence electrons. The Morgan fingerprint density at radius 3 is 2.44 bits per heavy atom. The van der Waals surface area contributed by atoms with Gasteiger partial charge in [0.15, 0.2) is 0 Å². The van der Waals surface area contributed by atoms with Crippen LogP contribution >= 0.6 is 23.2 Å². The zero-order chi connectivity index (χ0) is 17.9. The molecule has 1 atom stereocenters. The average molecular weight is 376 g/mol. The van der Waals surface area contributed by atoms with E-state index in [2.05, 4.69) is 43.1 Å². The van der Waals surface area contributed by atoms with Crippen LogP contribution < -0.4 is 0 Å². The van der Waals surface area contributed by atoms with Crippen molar-refractivity contribution in [2.24, 2.45) is 0 Å². The largest absolute Gasteiger partial charge is 0.306 e. The molecule has 2 aromatic rings. The van der Waals surface area contributed by atoms with Crippen molar-refractivity contribution >= 4 is 23.2 Å². The Balaban J connectivity index is 1.90. The minimum atomic E-state index is 0.0948. The van der Waals surface area contributed by atoms with Crippen LogP contribution in [0.5, 0.6) is 0 Å². The maximum absolute atomic E-state index is 6.24. The highest BCUT2D eigenvalue weighted by Gasteiger charge is 2.39. The Morgan fingerprint density at radius 2 is 1.72 bits per heavy atom. The van der Waals surface area contributed by atoms with Gasteiger partial charge in [-0.25, -0.2) is 0 Å². The highest BCUT2D eigenvalue weighted by molar-refractivity contribution is 6.30. The van der Waals surface area contributed by atoms with E-state index in [-0.39, 0.29) is 5.41 Å². The number of rotatable bonds is 7. The van der Waals surface area contributed by atoms with Gasteiger partial charge in [0.05, 0.1) is 0 Å². The zero-order valence-corrected chi connectivity index (χ0v) is 16.7. The van der Waals surface area contributed by atoms with Crippen molar-refractivity contribution in [3.05, 3.63) is 69.2 Å². The van der Waals surface area contributed by atoms with Gasteiger partial charge in [0.25, 0.3) is 0 Å². The lowest BCUT2D eigenvalue weighted by Gasteiger charge is -2.32. The summed E-state index contributed by atoms with van der Waals surface area (Å²) >= 11 is 12.4. The van der Waals surface area contributed by atoms with Gasteiger partial charge in [-0.1, -0.05) is 48.3 Å². The minimum Gasteiger partial charge on any atom is -0.306 e. The fraction of sp³-hybridized carbons (Fsp3) is 0.455. The van der Waals surface area contributed by atoms with Crippen LogP contribution in [-0.2, 0) is 11.8 Å². The van der Waals surface area contributed by atoms with Crippen LogP contribution in [-0.4, -0.2) is 25.0 Å². The number of hydrogen-bond acceptors (Lipinski definition) is 1. The molecule has 3 heteroatoms. The molecule has 0 spiro atoms. The lowest BCUT2D eigenvalue weighted by molar-refractivity contribution is 0.309. The molecular formula is C22H27Cl2N. The Hall–Kier alpha value is -1.02. The first-order valence-corrected chi connectivity index (χ1v) is 10.0. The number of hydrogen-bond donors (Lipinski definition) is 0. The summed E-state index contributed by atoms with van der Waals surface area (Å²) in [5, 5.41) is 1.64. The van der Waals surface area contributed by atoms with Gasteiger partial charge in [0.1, 0.15) is 0 Å². The molecule has 0 saturated carbocycles. The Kier molecular flexibility index (Phi) is 6.09. The fourth-order valence-corrected chi connectivity index (χ4v) is 4.66. The van der Waals surface area contributed by atoms with Gasteiger partial charge in [-0.05, 0) is 93.2 Å². The van der Waals surface area contributed by atoms with Crippen molar-refractivity contribution in [1.29, 1.82) is 0 Å². The van der Waals surface area contributed by atoms with Crippen LogP contribution in [0.3, 0.4) is 0 Å². The Labute approximate surface area is 161 Å². The van der Waals surface area contributed by atoms with Crippen LogP contribution in [0.2, 0.25) is 10.0 Å². The highest BCUT2D eigenvalue weighted by Crippen LogP contribution is 2.48. The first-order valence-electron chi connectivity index (χ1n) is 9.28. The quantitative estimate of drug-likeness (QED) is 0.544. The lowest BCUT2D eigenvalue weighted by Crippen LogP contribution is -2.28. The highest BCUT2D eigenvalue weighted by atomic mass is 35.5. The second-order valence-electron chi connectivity index (χ2n) is 7.30. The number of benzene rings is 2. The SMILES string of the molecule is CCCN(C)CCCC1(c2ccc(Cl)cc2)CCc2cc(Cl)ccc21. The van der Waals surface area contributed by atoms with Crippen LogP contribution in [0.1, 0.15) is 49.3 Å². The van der Waals surface area contributed by atoms with Crippen molar-refractivity contribution in [2.45, 2.75) is 44.4 Å². The standard InChI is InChI=1S/C22H27Cl2N/c1-3-14-25(2)15-4-12-22(18-5-7-19(23)8-6-18)13-11-17-16-20(24)9-10-21(17)22/h5-10,16H,3-4,11-15H2,1-2H3. The second-order valence-corrected chi connectivity index (χ2v) is 8.17. The maximum Gasteiger partial charge on any atom is 0.0408 e. The van der Waals surface area contributed by atoms with Gasteiger partial charge in [0.2, 0.25) is 0 Å². The molecule has 3 rings (SSSR count). The van der Waals surface area contributed by atoms with Gasteiger partial charge in [-0.15, -0.1) is 0 Å². The lowest BCUT2D eigenvalue weighted by atomic mass is 9.72. The molecule has 0 bridgehead atoms. The molecule has 1 unspecified atom stereocenters. The van der Waals surface area contributed by atoms with Crippen molar-refractivity contribution < 1.29 is 0 Å². The Morgan fingerprint density at radius 1 is 1.00 bits per heavy atom. The van der Waals surface area contributed by atoms with E-state index in [1.807, 2.05) is 18.2 Å². The molecule has 0 saturated heterocycles. The number of halogens is 2. The van der Waals surface area contributed by atoms with Crippen LogP contribution in [0.25, 0.3) is 0 Å². The molecule has 0 N–H and O–H groups in total. The molecule has 0 amide bonds. The molecule has 1 aliphatic rings.